The number of nitrogens with one attached hydrogen (secondary N) is 1. The molecule has 1 aromatic rings. The summed E-state index contributed by atoms with van der Waals surface area (Å²) in [6, 6.07) is 10.0. The summed E-state index contributed by atoms with van der Waals surface area (Å²) in [4.78, 5) is 29.6. The number of hydrogen-bond acceptors (Lipinski definition) is 5. The van der Waals surface area contributed by atoms with Gasteiger partial charge < -0.3 is 19.7 Å². The zero-order chi connectivity index (χ0) is 22.1. The zero-order valence-electron chi connectivity index (χ0n) is 18.9. The Balaban J connectivity index is 1.43. The molecule has 31 heavy (non-hydrogen) atoms. The summed E-state index contributed by atoms with van der Waals surface area (Å²) in [5.74, 6) is 0.470. The molecule has 1 unspecified atom stereocenters. The molecule has 2 bridgehead atoms. The molecule has 1 atom stereocenters. The molecule has 4 aliphatic rings. The molecule has 0 aromatic heterocycles. The smallest absolute Gasteiger partial charge is 0.410 e. The third-order valence-corrected chi connectivity index (χ3v) is 6.79. The summed E-state index contributed by atoms with van der Waals surface area (Å²) in [6.45, 7) is 9.71. The van der Waals surface area contributed by atoms with Crippen LogP contribution in [0.5, 0.6) is 0 Å². The Labute approximate surface area is 185 Å². The topological polar surface area (TPSA) is 71.1 Å². The van der Waals surface area contributed by atoms with E-state index in [-0.39, 0.29) is 18.3 Å². The first-order chi connectivity index (χ1) is 14.7. The molecule has 170 valence electrons. The Hall–Kier alpha value is -2.28. The summed E-state index contributed by atoms with van der Waals surface area (Å²) < 4.78 is 11.4. The second-order valence-corrected chi connectivity index (χ2v) is 10.1. The van der Waals surface area contributed by atoms with E-state index in [0.29, 0.717) is 31.8 Å². The van der Waals surface area contributed by atoms with Gasteiger partial charge in [-0.3, -0.25) is 4.90 Å². The first kappa shape index (κ1) is 21.9. The molecule has 4 heterocycles. The van der Waals surface area contributed by atoms with E-state index in [1.165, 1.54) is 0 Å². The zero-order valence-corrected chi connectivity index (χ0v) is 18.9. The van der Waals surface area contributed by atoms with Crippen molar-refractivity contribution in [2.45, 2.75) is 63.7 Å². The van der Waals surface area contributed by atoms with Crippen LogP contribution in [0.3, 0.4) is 0 Å². The van der Waals surface area contributed by atoms with Gasteiger partial charge in [0.15, 0.2) is 0 Å². The summed E-state index contributed by atoms with van der Waals surface area (Å²) in [6.07, 6.45) is 2.76. The largest absolute Gasteiger partial charge is 0.445 e. The van der Waals surface area contributed by atoms with Gasteiger partial charge in [0.25, 0.3) is 0 Å². The number of carbonyl (C=O) groups is 2. The van der Waals surface area contributed by atoms with E-state index in [1.54, 1.807) is 4.90 Å². The van der Waals surface area contributed by atoms with Crippen molar-refractivity contribution < 1.29 is 19.1 Å². The Morgan fingerprint density at radius 2 is 1.68 bits per heavy atom. The van der Waals surface area contributed by atoms with Crippen LogP contribution in [0, 0.1) is 5.92 Å². The van der Waals surface area contributed by atoms with Crippen LogP contribution in [0.25, 0.3) is 0 Å². The first-order valence-corrected chi connectivity index (χ1v) is 11.5. The van der Waals surface area contributed by atoms with Crippen molar-refractivity contribution in [1.82, 2.24) is 15.1 Å². The maximum atomic E-state index is 13.0. The molecule has 7 heteroatoms. The van der Waals surface area contributed by atoms with Crippen molar-refractivity contribution in [3.05, 3.63) is 35.9 Å². The van der Waals surface area contributed by atoms with E-state index in [0.717, 1.165) is 38.0 Å². The van der Waals surface area contributed by atoms with Crippen LogP contribution in [-0.4, -0.2) is 66.4 Å². The molecule has 7 nitrogen and oxygen atoms in total. The minimum atomic E-state index is -0.551. The van der Waals surface area contributed by atoms with Crippen LogP contribution in [0.4, 0.5) is 9.59 Å². The molecule has 0 saturated carbocycles. The fourth-order valence-corrected chi connectivity index (χ4v) is 5.05. The van der Waals surface area contributed by atoms with E-state index in [9.17, 15) is 9.59 Å². The number of alkyl carbamates (subject to hydrolysis) is 1. The van der Waals surface area contributed by atoms with E-state index in [4.69, 9.17) is 9.47 Å². The van der Waals surface area contributed by atoms with Crippen molar-refractivity contribution in [1.29, 1.82) is 0 Å². The Morgan fingerprint density at radius 1 is 1.03 bits per heavy atom. The van der Waals surface area contributed by atoms with Gasteiger partial charge in [0, 0.05) is 19.6 Å². The van der Waals surface area contributed by atoms with Crippen molar-refractivity contribution >= 4 is 12.2 Å². The minimum absolute atomic E-state index is 0.0304. The van der Waals surface area contributed by atoms with Gasteiger partial charge in [0.2, 0.25) is 0 Å². The molecule has 1 aromatic carbocycles. The van der Waals surface area contributed by atoms with E-state index >= 15 is 0 Å². The molecule has 1 N–H and O–H groups in total. The van der Waals surface area contributed by atoms with Gasteiger partial charge in [-0.2, -0.15) is 0 Å². The Morgan fingerprint density at radius 3 is 2.23 bits per heavy atom. The molecule has 0 spiro atoms. The number of fused-ring (bicyclic) bond motifs is 3. The highest BCUT2D eigenvalue weighted by atomic mass is 16.6. The molecule has 4 saturated heterocycles. The lowest BCUT2D eigenvalue weighted by molar-refractivity contribution is -0.0370. The van der Waals surface area contributed by atoms with E-state index in [1.807, 2.05) is 51.1 Å². The molecule has 4 fully saturated rings. The normalized spacial score (nSPS) is 27.5. The summed E-state index contributed by atoms with van der Waals surface area (Å²) in [5, 5.41) is 3.20. The van der Waals surface area contributed by atoms with Gasteiger partial charge >= 0.3 is 12.2 Å². The molecule has 4 aliphatic heterocycles. The molecule has 0 radical (unpaired) electrons. The number of hydrogen-bond donors (Lipinski definition) is 1. The highest BCUT2D eigenvalue weighted by molar-refractivity contribution is 5.70. The van der Waals surface area contributed by atoms with Gasteiger partial charge in [0.1, 0.15) is 11.7 Å². The lowest BCUT2D eigenvalue weighted by Gasteiger charge is -2.45. The predicted octanol–water partition coefficient (Wildman–Crippen LogP) is 3.73. The van der Waals surface area contributed by atoms with Crippen molar-refractivity contribution in [2.24, 2.45) is 5.92 Å². The van der Waals surface area contributed by atoms with E-state index < -0.39 is 11.1 Å². The quantitative estimate of drug-likeness (QED) is 0.793. The Bertz CT molecular complexity index is 776. The van der Waals surface area contributed by atoms with Crippen LogP contribution < -0.4 is 5.32 Å². The van der Waals surface area contributed by atoms with Crippen LogP contribution in [-0.2, 0) is 15.0 Å². The second kappa shape index (κ2) is 8.69. The average Bonchev–Trinajstić information content (AvgIpc) is 2.74. The average molecular weight is 430 g/mol. The number of benzene rings is 1. The minimum Gasteiger partial charge on any atom is -0.445 e. The number of likely N-dealkylation sites (tertiary alicyclic amines) is 1. The van der Waals surface area contributed by atoms with E-state index in [2.05, 4.69) is 10.2 Å². The number of nitrogens with zero attached hydrogens (tertiary/aromatic N) is 2. The summed E-state index contributed by atoms with van der Waals surface area (Å²) in [5.41, 5.74) is -0.0300. The second-order valence-electron chi connectivity index (χ2n) is 10.1. The van der Waals surface area contributed by atoms with Crippen LogP contribution in [0.1, 0.15) is 52.0 Å². The third kappa shape index (κ3) is 5.14. The highest BCUT2D eigenvalue weighted by Gasteiger charge is 2.42. The molecule has 0 aliphatic carbocycles. The summed E-state index contributed by atoms with van der Waals surface area (Å²) >= 11 is 0. The lowest BCUT2D eigenvalue weighted by atomic mass is 9.81. The third-order valence-electron chi connectivity index (χ3n) is 6.79. The predicted molar refractivity (Wildman–Crippen MR) is 118 cm³/mol. The number of ether oxygens (including phenoxy) is 2. The van der Waals surface area contributed by atoms with Crippen LogP contribution >= 0.6 is 0 Å². The number of amides is 2. The van der Waals surface area contributed by atoms with Gasteiger partial charge in [0.05, 0.1) is 5.54 Å². The number of carbonyl (C=O) groups excluding carboxylic acids is 2. The van der Waals surface area contributed by atoms with Crippen molar-refractivity contribution in [2.75, 3.05) is 32.7 Å². The van der Waals surface area contributed by atoms with Crippen molar-refractivity contribution in [3.63, 3.8) is 0 Å². The van der Waals surface area contributed by atoms with Gasteiger partial charge in [-0.1, -0.05) is 30.3 Å². The van der Waals surface area contributed by atoms with Gasteiger partial charge in [-0.05, 0) is 71.0 Å². The molecule has 5 rings (SSSR count). The van der Waals surface area contributed by atoms with Crippen LogP contribution in [0.15, 0.2) is 30.3 Å². The first-order valence-electron chi connectivity index (χ1n) is 11.5. The monoisotopic (exact) mass is 429 g/mol. The van der Waals surface area contributed by atoms with Gasteiger partial charge in [-0.15, -0.1) is 0 Å². The SMILES string of the molecule is CC(C)(C)OC(=O)N1CCC(NC(=O)OC2CN3CCC2CC3)(c2ccccc2)CC1. The molecule has 2 amide bonds. The molecular formula is C24H35N3O4. The number of piperidine rings is 4. The standard InChI is InChI=1S/C24H35N3O4/c1-23(2,3)31-22(29)27-15-11-24(12-16-27,19-7-5-4-6-8-19)25-21(28)30-20-17-26-13-9-18(20)10-14-26/h4-8,18,20H,9-17H2,1-3H3,(H,25,28). The highest BCUT2D eigenvalue weighted by Crippen LogP contribution is 2.35. The molecular weight excluding hydrogens is 394 g/mol. The number of rotatable bonds is 3. The maximum absolute atomic E-state index is 13.0. The van der Waals surface area contributed by atoms with Crippen molar-refractivity contribution in [3.8, 4) is 0 Å². The van der Waals surface area contributed by atoms with Crippen LogP contribution in [0.2, 0.25) is 0 Å². The summed E-state index contributed by atoms with van der Waals surface area (Å²) in [7, 11) is 0. The Kier molecular flexibility index (Phi) is 6.15. The van der Waals surface area contributed by atoms with Gasteiger partial charge in [-0.25, -0.2) is 9.59 Å². The maximum Gasteiger partial charge on any atom is 0.410 e. The fourth-order valence-electron chi connectivity index (χ4n) is 5.05. The lowest BCUT2D eigenvalue weighted by Crippen LogP contribution is -2.57. The fraction of sp³-hybridized carbons (Fsp3) is 0.667.